The predicted molar refractivity (Wildman–Crippen MR) is 62.2 cm³/mol. The number of hydrogen-bond donors (Lipinski definition) is 1. The highest BCUT2D eigenvalue weighted by Gasteiger charge is 2.03. The Hall–Kier alpha value is -1.03. The Labute approximate surface area is 91.7 Å². The maximum atomic E-state index is 5.02. The Morgan fingerprint density at radius 3 is 2.93 bits per heavy atom. The van der Waals surface area contributed by atoms with Crippen LogP contribution in [0.3, 0.4) is 0 Å². The summed E-state index contributed by atoms with van der Waals surface area (Å²) in [6.07, 6.45) is 4.31. The van der Waals surface area contributed by atoms with E-state index in [1.807, 2.05) is 6.92 Å². The molecule has 1 aromatic rings. The topological polar surface area (TPSA) is 39.1 Å². The van der Waals surface area contributed by atoms with Crippen LogP contribution in [0.1, 0.15) is 25.5 Å². The molecule has 0 radical (unpaired) electrons. The molecule has 0 spiro atoms. The average molecular weight is 211 g/mol. The number of unbranched alkanes of at least 4 members (excludes halogenated alkanes) is 1. The predicted octanol–water partition coefficient (Wildman–Crippen LogP) is 2.05. The van der Waals surface area contributed by atoms with Gasteiger partial charge in [0.15, 0.2) is 0 Å². The van der Waals surface area contributed by atoms with Gasteiger partial charge in [0.25, 0.3) is 0 Å². The van der Waals surface area contributed by atoms with Gasteiger partial charge in [-0.3, -0.25) is 0 Å². The Balaban J connectivity index is 2.44. The van der Waals surface area contributed by atoms with E-state index in [1.54, 1.807) is 7.11 Å². The molecule has 4 heteroatoms. The van der Waals surface area contributed by atoms with Gasteiger partial charge in [0, 0.05) is 33.0 Å². The van der Waals surface area contributed by atoms with Gasteiger partial charge in [0.05, 0.1) is 5.69 Å². The Morgan fingerprint density at radius 2 is 2.27 bits per heavy atom. The molecule has 0 aliphatic heterocycles. The fraction of sp³-hybridized carbons (Fsp3) is 0.727. The molecule has 0 bridgehead atoms. The smallest absolute Gasteiger partial charge is 0.203 e. The Kier molecular flexibility index (Phi) is 5.18. The summed E-state index contributed by atoms with van der Waals surface area (Å²) in [6.45, 7) is 6.86. The first-order valence-corrected chi connectivity index (χ1v) is 5.54. The minimum absolute atomic E-state index is 0.838. The number of rotatable bonds is 7. The van der Waals surface area contributed by atoms with Crippen molar-refractivity contribution in [3.63, 3.8) is 0 Å². The molecular formula is C11H21N3O. The molecular weight excluding hydrogens is 190 g/mol. The molecule has 0 atom stereocenters. The third-order valence-corrected chi connectivity index (χ3v) is 2.23. The van der Waals surface area contributed by atoms with Crippen LogP contribution in [0.25, 0.3) is 0 Å². The van der Waals surface area contributed by atoms with Crippen molar-refractivity contribution in [2.45, 2.75) is 33.2 Å². The van der Waals surface area contributed by atoms with Crippen LogP contribution in [0.5, 0.6) is 0 Å². The third kappa shape index (κ3) is 3.91. The van der Waals surface area contributed by atoms with Crippen LogP contribution in [-0.4, -0.2) is 29.8 Å². The van der Waals surface area contributed by atoms with E-state index in [4.69, 9.17) is 4.74 Å². The summed E-state index contributed by atoms with van der Waals surface area (Å²) in [4.78, 5) is 4.42. The van der Waals surface area contributed by atoms with E-state index in [1.165, 1.54) is 0 Å². The Bertz CT molecular complexity index is 283. The minimum atomic E-state index is 0.838. The van der Waals surface area contributed by atoms with Crippen LogP contribution in [0.2, 0.25) is 0 Å². The van der Waals surface area contributed by atoms with Crippen molar-refractivity contribution in [2.24, 2.45) is 0 Å². The quantitative estimate of drug-likeness (QED) is 0.702. The van der Waals surface area contributed by atoms with Crippen LogP contribution in [-0.2, 0) is 11.3 Å². The maximum absolute atomic E-state index is 5.02. The van der Waals surface area contributed by atoms with Gasteiger partial charge < -0.3 is 14.6 Å². The summed E-state index contributed by atoms with van der Waals surface area (Å²) < 4.78 is 7.20. The molecule has 15 heavy (non-hydrogen) atoms. The summed E-state index contributed by atoms with van der Waals surface area (Å²) in [5.41, 5.74) is 1.07. The largest absolute Gasteiger partial charge is 0.385 e. The first kappa shape index (κ1) is 12.0. The van der Waals surface area contributed by atoms with Gasteiger partial charge in [-0.15, -0.1) is 0 Å². The molecule has 1 aromatic heterocycles. The van der Waals surface area contributed by atoms with Crippen molar-refractivity contribution < 1.29 is 4.74 Å². The monoisotopic (exact) mass is 211 g/mol. The number of nitrogens with zero attached hydrogens (tertiary/aromatic N) is 2. The molecule has 1 heterocycles. The van der Waals surface area contributed by atoms with Crippen molar-refractivity contribution in [1.82, 2.24) is 9.55 Å². The highest BCUT2D eigenvalue weighted by atomic mass is 16.5. The van der Waals surface area contributed by atoms with E-state index >= 15 is 0 Å². The minimum Gasteiger partial charge on any atom is -0.385 e. The number of anilines is 1. The highest BCUT2D eigenvalue weighted by Crippen LogP contribution is 2.09. The van der Waals surface area contributed by atoms with Gasteiger partial charge in [0.1, 0.15) is 0 Å². The van der Waals surface area contributed by atoms with Crippen LogP contribution < -0.4 is 5.32 Å². The maximum Gasteiger partial charge on any atom is 0.203 e. The number of aromatic nitrogens is 2. The van der Waals surface area contributed by atoms with Crippen molar-refractivity contribution in [2.75, 3.05) is 25.6 Å². The zero-order chi connectivity index (χ0) is 11.1. The summed E-state index contributed by atoms with van der Waals surface area (Å²) in [7, 11) is 1.74. The molecule has 0 aliphatic rings. The summed E-state index contributed by atoms with van der Waals surface area (Å²) >= 11 is 0. The lowest BCUT2D eigenvalue weighted by atomic mass is 10.3. The van der Waals surface area contributed by atoms with Gasteiger partial charge in [0.2, 0.25) is 5.95 Å². The molecule has 0 fully saturated rings. The highest BCUT2D eigenvalue weighted by molar-refractivity contribution is 5.28. The standard InChI is InChI=1S/C11H21N3O/c1-4-12-11-13-10(2)9-14(11)7-5-6-8-15-3/h9H,4-8H2,1-3H3,(H,12,13). The number of aryl methyl sites for hydroxylation is 2. The van der Waals surface area contributed by atoms with Crippen molar-refractivity contribution in [3.05, 3.63) is 11.9 Å². The Morgan fingerprint density at radius 1 is 1.47 bits per heavy atom. The fourth-order valence-electron chi connectivity index (χ4n) is 1.54. The fourth-order valence-corrected chi connectivity index (χ4v) is 1.54. The van der Waals surface area contributed by atoms with Crippen LogP contribution in [0.15, 0.2) is 6.20 Å². The molecule has 0 amide bonds. The van der Waals surface area contributed by atoms with Gasteiger partial charge >= 0.3 is 0 Å². The molecule has 0 unspecified atom stereocenters. The van der Waals surface area contributed by atoms with Gasteiger partial charge in [-0.2, -0.15) is 0 Å². The van der Waals surface area contributed by atoms with Crippen molar-refractivity contribution in [3.8, 4) is 0 Å². The first-order valence-electron chi connectivity index (χ1n) is 5.54. The van der Waals surface area contributed by atoms with Crippen molar-refractivity contribution >= 4 is 5.95 Å². The SMILES string of the molecule is CCNc1nc(C)cn1CCCCOC. The van der Waals surface area contributed by atoms with E-state index in [0.29, 0.717) is 0 Å². The van der Waals surface area contributed by atoms with Gasteiger partial charge in [-0.05, 0) is 26.7 Å². The van der Waals surface area contributed by atoms with E-state index in [0.717, 1.165) is 44.2 Å². The molecule has 1 N–H and O–H groups in total. The van der Waals surface area contributed by atoms with Gasteiger partial charge in [-0.25, -0.2) is 4.98 Å². The zero-order valence-electron chi connectivity index (χ0n) is 9.92. The second kappa shape index (κ2) is 6.45. The molecule has 1 rings (SSSR count). The van der Waals surface area contributed by atoms with Gasteiger partial charge in [-0.1, -0.05) is 0 Å². The molecule has 0 aliphatic carbocycles. The summed E-state index contributed by atoms with van der Waals surface area (Å²) in [5, 5.41) is 3.26. The lowest BCUT2D eigenvalue weighted by molar-refractivity contribution is 0.191. The number of ether oxygens (including phenoxy) is 1. The third-order valence-electron chi connectivity index (χ3n) is 2.23. The normalized spacial score (nSPS) is 10.6. The van der Waals surface area contributed by atoms with Crippen LogP contribution in [0.4, 0.5) is 5.95 Å². The molecule has 0 aromatic carbocycles. The zero-order valence-corrected chi connectivity index (χ0v) is 9.92. The van der Waals surface area contributed by atoms with Crippen molar-refractivity contribution in [1.29, 1.82) is 0 Å². The second-order valence-corrected chi connectivity index (χ2v) is 3.63. The molecule has 4 nitrogen and oxygen atoms in total. The summed E-state index contributed by atoms with van der Waals surface area (Å²) in [6, 6.07) is 0. The number of hydrogen-bond acceptors (Lipinski definition) is 3. The molecule has 0 saturated carbocycles. The molecule has 86 valence electrons. The summed E-state index contributed by atoms with van der Waals surface area (Å²) in [5.74, 6) is 0.979. The second-order valence-electron chi connectivity index (χ2n) is 3.63. The number of nitrogens with one attached hydrogen (secondary N) is 1. The number of imidazole rings is 1. The van der Waals surface area contributed by atoms with Crippen LogP contribution >= 0.6 is 0 Å². The van der Waals surface area contributed by atoms with E-state index < -0.39 is 0 Å². The van der Waals surface area contributed by atoms with E-state index in [2.05, 4.69) is 28.0 Å². The first-order chi connectivity index (χ1) is 7.27. The average Bonchev–Trinajstić information content (AvgIpc) is 2.55. The molecule has 0 saturated heterocycles. The van der Waals surface area contributed by atoms with E-state index in [9.17, 15) is 0 Å². The lowest BCUT2D eigenvalue weighted by Gasteiger charge is -2.07. The number of methoxy groups -OCH3 is 1. The van der Waals surface area contributed by atoms with E-state index in [-0.39, 0.29) is 0 Å². The van der Waals surface area contributed by atoms with Crippen LogP contribution in [0, 0.1) is 6.92 Å². The lowest BCUT2D eigenvalue weighted by Crippen LogP contribution is -2.07.